The average Bonchev–Trinajstić information content (AvgIpc) is 2.29. The lowest BCUT2D eigenvalue weighted by Gasteiger charge is -2.36. The van der Waals surface area contributed by atoms with Crippen LogP contribution in [-0.4, -0.2) is 24.7 Å². The van der Waals surface area contributed by atoms with Gasteiger partial charge >= 0.3 is 0 Å². The van der Waals surface area contributed by atoms with Crippen molar-refractivity contribution in [2.45, 2.75) is 37.2 Å². The van der Waals surface area contributed by atoms with Crippen LogP contribution in [0, 0.1) is 0 Å². The first-order valence-electron chi connectivity index (χ1n) is 6.02. The minimum absolute atomic E-state index is 0.126. The molecule has 94 valence electrons. The Balaban J connectivity index is 2.03. The second-order valence-electron chi connectivity index (χ2n) is 4.91. The molecule has 17 heavy (non-hydrogen) atoms. The number of hydrogen-bond donors (Lipinski definition) is 0. The monoisotopic (exact) mass is 254 g/mol. The van der Waals surface area contributed by atoms with Crippen molar-refractivity contribution in [3.63, 3.8) is 0 Å². The molecule has 0 bridgehead atoms. The topological polar surface area (TPSA) is 18.5 Å². The largest absolute Gasteiger partial charge is 0.497 e. The fourth-order valence-electron chi connectivity index (χ4n) is 2.36. The molecule has 2 nitrogen and oxygen atoms in total. The van der Waals surface area contributed by atoms with E-state index >= 15 is 0 Å². The number of alkyl halides is 1. The highest BCUT2D eigenvalue weighted by molar-refractivity contribution is 6.20. The van der Waals surface area contributed by atoms with E-state index in [1.54, 1.807) is 7.11 Å². The van der Waals surface area contributed by atoms with Crippen molar-refractivity contribution < 1.29 is 9.47 Å². The smallest absolute Gasteiger partial charge is 0.118 e. The maximum Gasteiger partial charge on any atom is 0.118 e. The van der Waals surface area contributed by atoms with Crippen LogP contribution in [0.2, 0.25) is 0 Å². The number of ether oxygens (including phenoxy) is 2. The Morgan fingerprint density at radius 3 is 2.71 bits per heavy atom. The van der Waals surface area contributed by atoms with Gasteiger partial charge in [-0.25, -0.2) is 0 Å². The first kappa shape index (κ1) is 12.7. The number of hydrogen-bond acceptors (Lipinski definition) is 2. The minimum atomic E-state index is -0.126. The average molecular weight is 255 g/mol. The highest BCUT2D eigenvalue weighted by Crippen LogP contribution is 2.31. The van der Waals surface area contributed by atoms with Gasteiger partial charge in [0, 0.05) is 18.4 Å². The van der Waals surface area contributed by atoms with Crippen LogP contribution in [-0.2, 0) is 11.2 Å². The first-order valence-corrected chi connectivity index (χ1v) is 6.46. The fourth-order valence-corrected chi connectivity index (χ4v) is 2.78. The predicted molar refractivity (Wildman–Crippen MR) is 69.9 cm³/mol. The second kappa shape index (κ2) is 5.28. The van der Waals surface area contributed by atoms with Gasteiger partial charge in [-0.3, -0.25) is 0 Å². The van der Waals surface area contributed by atoms with E-state index in [1.807, 2.05) is 12.1 Å². The zero-order chi connectivity index (χ0) is 12.3. The van der Waals surface area contributed by atoms with Crippen LogP contribution < -0.4 is 4.74 Å². The molecule has 2 atom stereocenters. The number of methoxy groups -OCH3 is 1. The quantitative estimate of drug-likeness (QED) is 0.770. The molecule has 0 spiro atoms. The van der Waals surface area contributed by atoms with E-state index < -0.39 is 0 Å². The molecule has 0 aliphatic carbocycles. The standard InChI is InChI=1S/C14H19ClO2/c1-14(10-12(15)7-8-17-14)9-11-3-5-13(16-2)6-4-11/h3-6,12H,7-10H2,1-2H3. The van der Waals surface area contributed by atoms with E-state index in [-0.39, 0.29) is 11.0 Å². The zero-order valence-electron chi connectivity index (χ0n) is 10.4. The molecule has 1 saturated heterocycles. The summed E-state index contributed by atoms with van der Waals surface area (Å²) in [4.78, 5) is 0. The van der Waals surface area contributed by atoms with Crippen molar-refractivity contribution in [3.8, 4) is 5.75 Å². The van der Waals surface area contributed by atoms with Crippen molar-refractivity contribution in [2.24, 2.45) is 0 Å². The van der Waals surface area contributed by atoms with Gasteiger partial charge in [0.05, 0.1) is 12.7 Å². The lowest BCUT2D eigenvalue weighted by Crippen LogP contribution is -2.39. The molecule has 3 heteroatoms. The van der Waals surface area contributed by atoms with Gasteiger partial charge in [-0.2, -0.15) is 0 Å². The molecule has 1 aliphatic rings. The molecule has 1 fully saturated rings. The van der Waals surface area contributed by atoms with Crippen LogP contribution in [0.5, 0.6) is 5.75 Å². The lowest BCUT2D eigenvalue weighted by molar-refractivity contribution is -0.0625. The molecule has 1 heterocycles. The van der Waals surface area contributed by atoms with Crippen LogP contribution in [0.25, 0.3) is 0 Å². The van der Waals surface area contributed by atoms with Gasteiger partial charge in [-0.15, -0.1) is 11.6 Å². The Labute approximate surface area is 108 Å². The molecule has 0 aromatic heterocycles. The van der Waals surface area contributed by atoms with Gasteiger partial charge in [0.2, 0.25) is 0 Å². The van der Waals surface area contributed by atoms with Crippen LogP contribution >= 0.6 is 11.6 Å². The van der Waals surface area contributed by atoms with Crippen molar-refractivity contribution >= 4 is 11.6 Å². The Kier molecular flexibility index (Phi) is 3.95. The van der Waals surface area contributed by atoms with E-state index in [9.17, 15) is 0 Å². The molecule has 0 saturated carbocycles. The van der Waals surface area contributed by atoms with E-state index in [4.69, 9.17) is 21.1 Å². The van der Waals surface area contributed by atoms with E-state index in [0.717, 1.165) is 31.6 Å². The summed E-state index contributed by atoms with van der Waals surface area (Å²) in [6.07, 6.45) is 2.78. The second-order valence-corrected chi connectivity index (χ2v) is 5.53. The van der Waals surface area contributed by atoms with E-state index in [0.29, 0.717) is 0 Å². The van der Waals surface area contributed by atoms with Gasteiger partial charge in [0.25, 0.3) is 0 Å². The van der Waals surface area contributed by atoms with Gasteiger partial charge in [-0.05, 0) is 37.5 Å². The van der Waals surface area contributed by atoms with E-state index in [2.05, 4.69) is 19.1 Å². The van der Waals surface area contributed by atoms with Crippen molar-refractivity contribution in [1.82, 2.24) is 0 Å². The molecular weight excluding hydrogens is 236 g/mol. The highest BCUT2D eigenvalue weighted by Gasteiger charge is 2.32. The Hall–Kier alpha value is -0.730. The number of rotatable bonds is 3. The maximum absolute atomic E-state index is 6.21. The van der Waals surface area contributed by atoms with Crippen LogP contribution in [0.3, 0.4) is 0 Å². The first-order chi connectivity index (χ1) is 8.11. The molecular formula is C14H19ClO2. The number of benzene rings is 1. The fraction of sp³-hybridized carbons (Fsp3) is 0.571. The third-order valence-electron chi connectivity index (χ3n) is 3.27. The Bertz CT molecular complexity index is 363. The summed E-state index contributed by atoms with van der Waals surface area (Å²) in [6, 6.07) is 8.15. The van der Waals surface area contributed by atoms with Gasteiger partial charge in [-0.1, -0.05) is 12.1 Å². The molecule has 1 aromatic carbocycles. The SMILES string of the molecule is COc1ccc(CC2(C)CC(Cl)CCO2)cc1. The van der Waals surface area contributed by atoms with Crippen molar-refractivity contribution in [3.05, 3.63) is 29.8 Å². The van der Waals surface area contributed by atoms with Crippen LogP contribution in [0.15, 0.2) is 24.3 Å². The highest BCUT2D eigenvalue weighted by atomic mass is 35.5. The predicted octanol–water partition coefficient (Wildman–Crippen LogP) is 3.41. The molecule has 0 radical (unpaired) electrons. The normalized spacial score (nSPS) is 29.0. The summed E-state index contributed by atoms with van der Waals surface area (Å²) >= 11 is 6.21. The van der Waals surface area contributed by atoms with Gasteiger partial charge < -0.3 is 9.47 Å². The van der Waals surface area contributed by atoms with Crippen molar-refractivity contribution in [1.29, 1.82) is 0 Å². The third kappa shape index (κ3) is 3.36. The molecule has 0 N–H and O–H groups in total. The van der Waals surface area contributed by atoms with Crippen molar-refractivity contribution in [2.75, 3.05) is 13.7 Å². The van der Waals surface area contributed by atoms with Crippen LogP contribution in [0.1, 0.15) is 25.3 Å². The number of halogens is 1. The summed E-state index contributed by atoms with van der Waals surface area (Å²) in [5.74, 6) is 0.888. The minimum Gasteiger partial charge on any atom is -0.497 e. The van der Waals surface area contributed by atoms with Gasteiger partial charge in [0.15, 0.2) is 0 Å². The summed E-state index contributed by atoms with van der Waals surface area (Å²) in [5.41, 5.74) is 1.14. The molecule has 2 rings (SSSR count). The molecule has 0 amide bonds. The van der Waals surface area contributed by atoms with Crippen LogP contribution in [0.4, 0.5) is 0 Å². The Morgan fingerprint density at radius 1 is 1.41 bits per heavy atom. The molecule has 2 unspecified atom stereocenters. The molecule has 1 aromatic rings. The summed E-state index contributed by atoms with van der Waals surface area (Å²) in [6.45, 7) is 2.91. The zero-order valence-corrected chi connectivity index (χ0v) is 11.2. The summed E-state index contributed by atoms with van der Waals surface area (Å²) in [7, 11) is 1.68. The van der Waals surface area contributed by atoms with Gasteiger partial charge in [0.1, 0.15) is 5.75 Å². The third-order valence-corrected chi connectivity index (χ3v) is 3.64. The van der Waals surface area contributed by atoms with E-state index in [1.165, 1.54) is 5.56 Å². The molecule has 1 aliphatic heterocycles. The summed E-state index contributed by atoms with van der Waals surface area (Å²) in [5, 5.41) is 0.243. The summed E-state index contributed by atoms with van der Waals surface area (Å²) < 4.78 is 11.0. The maximum atomic E-state index is 6.21. The Morgan fingerprint density at radius 2 is 2.12 bits per heavy atom. The lowest BCUT2D eigenvalue weighted by atomic mass is 9.89.